The quantitative estimate of drug-likeness (QED) is 0.917. The molecule has 2 rings (SSSR count). The Bertz CT molecular complexity index is 425. The molecule has 0 radical (unpaired) electrons. The maximum atomic E-state index is 6.40. The normalized spacial score (nSPS) is 27.3. The molecule has 1 aliphatic heterocycles. The van der Waals surface area contributed by atoms with Crippen molar-refractivity contribution in [3.63, 3.8) is 0 Å². The third kappa shape index (κ3) is 2.92. The first-order valence-corrected chi connectivity index (χ1v) is 7.44. The van der Waals surface area contributed by atoms with Gasteiger partial charge in [0.2, 0.25) is 0 Å². The lowest BCUT2D eigenvalue weighted by Crippen LogP contribution is -2.42. The SMILES string of the molecule is Cc1csc(CC(N)C2CC(C)(C)OC2(C)C)n1. The number of hydrogen-bond acceptors (Lipinski definition) is 4. The summed E-state index contributed by atoms with van der Waals surface area (Å²) in [7, 11) is 0. The summed E-state index contributed by atoms with van der Waals surface area (Å²) in [5, 5.41) is 3.22. The van der Waals surface area contributed by atoms with Crippen LogP contribution in [0, 0.1) is 12.8 Å². The molecule has 18 heavy (non-hydrogen) atoms. The molecule has 2 unspecified atom stereocenters. The first-order valence-electron chi connectivity index (χ1n) is 6.56. The number of ether oxygens (including phenoxy) is 1. The zero-order valence-electron chi connectivity index (χ0n) is 12.0. The van der Waals surface area contributed by atoms with Crippen molar-refractivity contribution in [1.29, 1.82) is 0 Å². The van der Waals surface area contributed by atoms with Gasteiger partial charge in [-0.15, -0.1) is 11.3 Å². The predicted octanol–water partition coefficient (Wildman–Crippen LogP) is 2.92. The van der Waals surface area contributed by atoms with Gasteiger partial charge in [-0.2, -0.15) is 0 Å². The molecule has 2 atom stereocenters. The Morgan fingerprint density at radius 3 is 2.61 bits per heavy atom. The van der Waals surface area contributed by atoms with Crippen LogP contribution in [-0.2, 0) is 11.2 Å². The molecule has 0 amide bonds. The summed E-state index contributed by atoms with van der Waals surface area (Å²) in [4.78, 5) is 4.50. The molecule has 0 aliphatic carbocycles. The van der Waals surface area contributed by atoms with Gasteiger partial charge in [0.05, 0.1) is 16.2 Å². The van der Waals surface area contributed by atoms with Crippen molar-refractivity contribution >= 4 is 11.3 Å². The monoisotopic (exact) mass is 268 g/mol. The highest BCUT2D eigenvalue weighted by atomic mass is 32.1. The Hall–Kier alpha value is -0.450. The summed E-state index contributed by atoms with van der Waals surface area (Å²) in [6, 6.07) is 0.118. The molecule has 0 aromatic carbocycles. The first-order chi connectivity index (χ1) is 8.20. The molecule has 0 bridgehead atoms. The van der Waals surface area contributed by atoms with Crippen molar-refractivity contribution in [3.8, 4) is 0 Å². The molecule has 1 aromatic heterocycles. The Kier molecular flexibility index (Phi) is 3.56. The molecular formula is C14H24N2OS. The average molecular weight is 268 g/mol. The van der Waals surface area contributed by atoms with Crippen molar-refractivity contribution in [2.45, 2.75) is 64.7 Å². The van der Waals surface area contributed by atoms with E-state index < -0.39 is 0 Å². The Balaban J connectivity index is 2.07. The third-order valence-electron chi connectivity index (χ3n) is 3.74. The number of aromatic nitrogens is 1. The molecule has 102 valence electrons. The largest absolute Gasteiger partial charge is 0.369 e. The molecule has 1 saturated heterocycles. The zero-order chi connectivity index (χ0) is 13.6. The van der Waals surface area contributed by atoms with E-state index in [9.17, 15) is 0 Å². The molecule has 2 heterocycles. The van der Waals surface area contributed by atoms with E-state index in [4.69, 9.17) is 10.5 Å². The molecule has 3 nitrogen and oxygen atoms in total. The molecule has 0 spiro atoms. The number of nitrogens with two attached hydrogens (primary N) is 1. The van der Waals surface area contributed by atoms with Gasteiger partial charge in [0, 0.05) is 29.5 Å². The minimum absolute atomic E-state index is 0.0649. The summed E-state index contributed by atoms with van der Waals surface area (Å²) in [6.45, 7) is 10.6. The molecule has 0 saturated carbocycles. The molecule has 1 aliphatic rings. The summed E-state index contributed by atoms with van der Waals surface area (Å²) >= 11 is 1.70. The van der Waals surface area contributed by atoms with Crippen LogP contribution in [0.4, 0.5) is 0 Å². The standard InChI is InChI=1S/C14H24N2OS/c1-9-8-18-12(16-9)6-11(15)10-7-13(2,3)17-14(10,4)5/h8,10-11H,6-7,15H2,1-5H3. The number of thiazole rings is 1. The lowest BCUT2D eigenvalue weighted by Gasteiger charge is -2.30. The van der Waals surface area contributed by atoms with Gasteiger partial charge in [-0.3, -0.25) is 0 Å². The second kappa shape index (κ2) is 4.58. The van der Waals surface area contributed by atoms with Crippen molar-refractivity contribution < 1.29 is 4.74 Å². The van der Waals surface area contributed by atoms with E-state index in [1.165, 1.54) is 0 Å². The second-order valence-electron chi connectivity index (χ2n) is 6.53. The molecule has 4 heteroatoms. The van der Waals surface area contributed by atoms with Crippen LogP contribution in [0.25, 0.3) is 0 Å². The fraction of sp³-hybridized carbons (Fsp3) is 0.786. The van der Waals surface area contributed by atoms with Crippen LogP contribution in [0.1, 0.15) is 44.8 Å². The van der Waals surface area contributed by atoms with E-state index in [0.717, 1.165) is 23.5 Å². The van der Waals surface area contributed by atoms with Crippen LogP contribution in [0.15, 0.2) is 5.38 Å². The van der Waals surface area contributed by atoms with Crippen molar-refractivity contribution in [2.24, 2.45) is 11.7 Å². The fourth-order valence-electron chi connectivity index (χ4n) is 3.11. The lowest BCUT2D eigenvalue weighted by atomic mass is 9.81. The van der Waals surface area contributed by atoms with Gasteiger partial charge in [-0.1, -0.05) is 0 Å². The number of hydrogen-bond donors (Lipinski definition) is 1. The highest BCUT2D eigenvalue weighted by Crippen LogP contribution is 2.43. The number of nitrogens with zero attached hydrogens (tertiary/aromatic N) is 1. The van der Waals surface area contributed by atoms with Crippen LogP contribution in [0.2, 0.25) is 0 Å². The van der Waals surface area contributed by atoms with Gasteiger partial charge in [0.1, 0.15) is 0 Å². The van der Waals surface area contributed by atoms with E-state index in [2.05, 4.69) is 38.1 Å². The van der Waals surface area contributed by atoms with Gasteiger partial charge in [-0.25, -0.2) is 4.98 Å². The molecule has 1 aromatic rings. The Morgan fingerprint density at radius 2 is 2.17 bits per heavy atom. The fourth-order valence-corrected chi connectivity index (χ4v) is 3.96. The van der Waals surface area contributed by atoms with Gasteiger partial charge in [0.25, 0.3) is 0 Å². The molecule has 2 N–H and O–H groups in total. The van der Waals surface area contributed by atoms with E-state index in [0.29, 0.717) is 5.92 Å². The van der Waals surface area contributed by atoms with Crippen LogP contribution in [0.3, 0.4) is 0 Å². The summed E-state index contributed by atoms with van der Waals surface area (Å²) < 4.78 is 6.12. The Morgan fingerprint density at radius 1 is 1.50 bits per heavy atom. The Labute approximate surface area is 114 Å². The first kappa shape index (κ1) is 14.0. The molecular weight excluding hydrogens is 244 g/mol. The van der Waals surface area contributed by atoms with Crippen molar-refractivity contribution in [2.75, 3.05) is 0 Å². The van der Waals surface area contributed by atoms with E-state index in [1.807, 2.05) is 6.92 Å². The van der Waals surface area contributed by atoms with Crippen LogP contribution in [-0.4, -0.2) is 22.2 Å². The van der Waals surface area contributed by atoms with E-state index in [-0.39, 0.29) is 17.2 Å². The van der Waals surface area contributed by atoms with Gasteiger partial charge in [0.15, 0.2) is 0 Å². The highest BCUT2D eigenvalue weighted by Gasteiger charge is 2.48. The highest BCUT2D eigenvalue weighted by molar-refractivity contribution is 7.09. The average Bonchev–Trinajstić information content (AvgIpc) is 2.67. The minimum atomic E-state index is -0.144. The van der Waals surface area contributed by atoms with Gasteiger partial charge >= 0.3 is 0 Å². The van der Waals surface area contributed by atoms with Crippen molar-refractivity contribution in [1.82, 2.24) is 4.98 Å². The van der Waals surface area contributed by atoms with Crippen molar-refractivity contribution in [3.05, 3.63) is 16.1 Å². The topological polar surface area (TPSA) is 48.1 Å². The number of aryl methyl sites for hydroxylation is 1. The minimum Gasteiger partial charge on any atom is -0.369 e. The predicted molar refractivity (Wildman–Crippen MR) is 75.9 cm³/mol. The number of rotatable bonds is 3. The van der Waals surface area contributed by atoms with E-state index in [1.54, 1.807) is 11.3 Å². The van der Waals surface area contributed by atoms with Crippen LogP contribution in [0.5, 0.6) is 0 Å². The summed E-state index contributed by atoms with van der Waals surface area (Å²) in [5.41, 5.74) is 7.28. The summed E-state index contributed by atoms with van der Waals surface area (Å²) in [6.07, 6.45) is 1.87. The van der Waals surface area contributed by atoms with Crippen LogP contribution >= 0.6 is 11.3 Å². The maximum Gasteiger partial charge on any atom is 0.0943 e. The summed E-state index contributed by atoms with van der Waals surface area (Å²) in [5.74, 6) is 0.386. The van der Waals surface area contributed by atoms with E-state index >= 15 is 0 Å². The molecule has 1 fully saturated rings. The zero-order valence-corrected chi connectivity index (χ0v) is 12.8. The lowest BCUT2D eigenvalue weighted by molar-refractivity contribution is -0.0765. The van der Waals surface area contributed by atoms with Crippen LogP contribution < -0.4 is 5.73 Å². The maximum absolute atomic E-state index is 6.40. The second-order valence-corrected chi connectivity index (χ2v) is 7.47. The third-order valence-corrected chi connectivity index (χ3v) is 4.73. The van der Waals surface area contributed by atoms with Gasteiger partial charge < -0.3 is 10.5 Å². The smallest absolute Gasteiger partial charge is 0.0943 e. The van der Waals surface area contributed by atoms with Gasteiger partial charge in [-0.05, 0) is 41.0 Å².